The molecule has 0 spiro atoms. The van der Waals surface area contributed by atoms with Crippen molar-refractivity contribution in [1.82, 2.24) is 9.55 Å². The monoisotopic (exact) mass is 488 g/mol. The van der Waals surface area contributed by atoms with Crippen LogP contribution in [0.1, 0.15) is 15.9 Å². The van der Waals surface area contributed by atoms with E-state index >= 15 is 0 Å². The zero-order valence-electron chi connectivity index (χ0n) is 18.6. The molecule has 12 heteroatoms. The lowest BCUT2D eigenvalue weighted by Crippen LogP contribution is -2.44. The van der Waals surface area contributed by atoms with Gasteiger partial charge in [0.15, 0.2) is 12.3 Å². The number of ether oxygens (including phenoxy) is 2. The van der Waals surface area contributed by atoms with E-state index in [-0.39, 0.29) is 31.2 Å². The molecule has 0 aliphatic rings. The van der Waals surface area contributed by atoms with Crippen LogP contribution in [0.3, 0.4) is 0 Å². The Hall–Kier alpha value is -4.32. The Labute approximate surface area is 197 Å². The number of benzene rings is 2. The second-order valence-corrected chi connectivity index (χ2v) is 7.28. The van der Waals surface area contributed by atoms with Gasteiger partial charge in [0.05, 0.1) is 13.2 Å². The van der Waals surface area contributed by atoms with E-state index in [0.717, 1.165) is 27.7 Å². The lowest BCUT2D eigenvalue weighted by Gasteiger charge is -2.24. The van der Waals surface area contributed by atoms with Gasteiger partial charge in [-0.1, -0.05) is 36.4 Å². The van der Waals surface area contributed by atoms with Gasteiger partial charge in [-0.05, 0) is 17.7 Å². The number of nitrogen functional groups attached to an aromatic ring is 1. The number of amides is 1. The summed E-state index contributed by atoms with van der Waals surface area (Å²) in [4.78, 5) is 53.1. The van der Waals surface area contributed by atoms with Gasteiger partial charge < -0.3 is 15.2 Å². The number of anilines is 2. The molecule has 3 aromatic rings. The number of rotatable bonds is 9. The highest BCUT2D eigenvalue weighted by atomic mass is 19.1. The van der Waals surface area contributed by atoms with Gasteiger partial charge >= 0.3 is 11.7 Å². The van der Waals surface area contributed by atoms with Crippen LogP contribution < -0.4 is 21.9 Å². The third-order valence-electron chi connectivity index (χ3n) is 4.98. The summed E-state index contributed by atoms with van der Waals surface area (Å²) in [5, 5.41) is 0. The highest BCUT2D eigenvalue weighted by Crippen LogP contribution is 2.19. The largest absolute Gasteiger partial charge is 0.452 e. The van der Waals surface area contributed by atoms with Crippen LogP contribution in [0.5, 0.6) is 0 Å². The molecule has 35 heavy (non-hydrogen) atoms. The van der Waals surface area contributed by atoms with Crippen molar-refractivity contribution in [2.45, 2.75) is 6.54 Å². The molecule has 0 aliphatic carbocycles. The molecule has 0 fully saturated rings. The molecule has 1 aromatic heterocycles. The van der Waals surface area contributed by atoms with E-state index in [1.54, 1.807) is 30.3 Å². The summed E-state index contributed by atoms with van der Waals surface area (Å²) in [5.41, 5.74) is 3.77. The number of carbonyl (C=O) groups excluding carboxylic acids is 2. The van der Waals surface area contributed by atoms with E-state index in [4.69, 9.17) is 15.2 Å². The van der Waals surface area contributed by atoms with E-state index in [9.17, 15) is 28.0 Å². The Morgan fingerprint density at radius 3 is 2.34 bits per heavy atom. The molecule has 0 saturated heterocycles. The molecule has 0 aliphatic heterocycles. The summed E-state index contributed by atoms with van der Waals surface area (Å²) in [7, 11) is 1.35. The topological polar surface area (TPSA) is 137 Å². The number of nitrogens with two attached hydrogens (primary N) is 1. The molecule has 2 aromatic carbocycles. The van der Waals surface area contributed by atoms with Crippen LogP contribution in [0, 0.1) is 11.6 Å². The van der Waals surface area contributed by atoms with Gasteiger partial charge in [0.25, 0.3) is 11.5 Å². The van der Waals surface area contributed by atoms with Gasteiger partial charge in [-0.15, -0.1) is 0 Å². The molecule has 184 valence electrons. The summed E-state index contributed by atoms with van der Waals surface area (Å²) in [6.45, 7) is -1.20. The van der Waals surface area contributed by atoms with Crippen molar-refractivity contribution in [3.63, 3.8) is 0 Å². The molecule has 3 rings (SSSR count). The van der Waals surface area contributed by atoms with Crippen LogP contribution in [0.25, 0.3) is 0 Å². The summed E-state index contributed by atoms with van der Waals surface area (Å²) in [6, 6.07) is 11.6. The van der Waals surface area contributed by atoms with E-state index in [1.807, 2.05) is 0 Å². The second kappa shape index (κ2) is 11.2. The number of H-pyrrole nitrogens is 1. The molecule has 0 atom stereocenters. The Balaban J connectivity index is 1.91. The van der Waals surface area contributed by atoms with Crippen molar-refractivity contribution in [3.8, 4) is 0 Å². The summed E-state index contributed by atoms with van der Waals surface area (Å²) in [6.07, 6.45) is 0. The van der Waals surface area contributed by atoms with E-state index in [1.165, 1.54) is 7.11 Å². The number of methoxy groups -OCH3 is 1. The maximum Gasteiger partial charge on any atom is 0.344 e. The van der Waals surface area contributed by atoms with Gasteiger partial charge in [0.2, 0.25) is 0 Å². The van der Waals surface area contributed by atoms with Crippen molar-refractivity contribution in [2.75, 3.05) is 37.5 Å². The van der Waals surface area contributed by atoms with Crippen LogP contribution in [0.15, 0.2) is 58.1 Å². The Kier molecular flexibility index (Phi) is 8.10. The van der Waals surface area contributed by atoms with Gasteiger partial charge in [-0.3, -0.25) is 24.0 Å². The van der Waals surface area contributed by atoms with Gasteiger partial charge in [-0.2, -0.15) is 0 Å². The first-order valence-corrected chi connectivity index (χ1v) is 10.3. The van der Waals surface area contributed by atoms with Crippen molar-refractivity contribution in [2.24, 2.45) is 0 Å². The lowest BCUT2D eigenvalue weighted by atomic mass is 10.2. The van der Waals surface area contributed by atoms with Gasteiger partial charge in [-0.25, -0.2) is 18.4 Å². The predicted octanol–water partition coefficient (Wildman–Crippen LogP) is 1.28. The zero-order chi connectivity index (χ0) is 25.5. The maximum absolute atomic E-state index is 13.8. The average molecular weight is 488 g/mol. The number of esters is 1. The SMILES string of the molecule is COCCN(C(=O)COC(=O)c1c(F)cccc1F)c1c(N)n(Cc2ccccc2)c(=O)[nH]c1=O. The first-order valence-electron chi connectivity index (χ1n) is 10.3. The van der Waals surface area contributed by atoms with Crippen molar-refractivity contribution >= 4 is 23.4 Å². The number of hydrogen-bond donors (Lipinski definition) is 2. The Bertz CT molecular complexity index is 1320. The third-order valence-corrected chi connectivity index (χ3v) is 4.98. The number of halogens is 2. The van der Waals surface area contributed by atoms with Crippen molar-refractivity contribution in [1.29, 1.82) is 0 Å². The van der Waals surface area contributed by atoms with Crippen LogP contribution in [0.2, 0.25) is 0 Å². The standard InChI is InChI=1S/C23H22F2N4O6/c1-34-11-10-28(17(30)13-35-22(32)18-15(24)8-5-9-16(18)25)19-20(26)29(23(33)27-21(19)31)12-14-6-3-2-4-7-14/h2-9H,10-13,26H2,1H3,(H,27,31,33). The first-order chi connectivity index (χ1) is 16.7. The third kappa shape index (κ3) is 5.79. The molecule has 0 radical (unpaired) electrons. The minimum absolute atomic E-state index is 0.00312. The van der Waals surface area contributed by atoms with E-state index < -0.39 is 46.9 Å². The lowest BCUT2D eigenvalue weighted by molar-refractivity contribution is -0.121. The number of carbonyl (C=O) groups is 2. The first kappa shape index (κ1) is 25.3. The average Bonchev–Trinajstić information content (AvgIpc) is 2.82. The number of aromatic amines is 1. The Morgan fingerprint density at radius 2 is 1.71 bits per heavy atom. The van der Waals surface area contributed by atoms with E-state index in [2.05, 4.69) is 4.98 Å². The minimum atomic E-state index is -1.41. The fourth-order valence-corrected chi connectivity index (χ4v) is 3.28. The smallest absolute Gasteiger partial charge is 0.344 e. The molecule has 0 unspecified atom stereocenters. The van der Waals surface area contributed by atoms with Crippen LogP contribution >= 0.6 is 0 Å². The molecule has 1 heterocycles. The second-order valence-electron chi connectivity index (χ2n) is 7.28. The molecule has 1 amide bonds. The zero-order valence-corrected chi connectivity index (χ0v) is 18.6. The molecule has 0 saturated carbocycles. The number of hydrogen-bond acceptors (Lipinski definition) is 7. The number of nitrogens with one attached hydrogen (secondary N) is 1. The highest BCUT2D eigenvalue weighted by molar-refractivity contribution is 5.98. The molecular weight excluding hydrogens is 466 g/mol. The van der Waals surface area contributed by atoms with Crippen LogP contribution in [-0.4, -0.2) is 48.3 Å². The normalized spacial score (nSPS) is 10.7. The van der Waals surface area contributed by atoms with E-state index in [0.29, 0.717) is 5.56 Å². The number of nitrogens with zero attached hydrogens (tertiary/aromatic N) is 2. The summed E-state index contributed by atoms with van der Waals surface area (Å²) < 4.78 is 38.5. The van der Waals surface area contributed by atoms with Crippen molar-refractivity contribution in [3.05, 3.63) is 92.1 Å². The fraction of sp³-hybridized carbons (Fsp3) is 0.217. The minimum Gasteiger partial charge on any atom is -0.452 e. The molecule has 0 bridgehead atoms. The summed E-state index contributed by atoms with van der Waals surface area (Å²) in [5.74, 6) is -4.97. The van der Waals surface area contributed by atoms with Crippen LogP contribution in [-0.2, 0) is 20.8 Å². The fourth-order valence-electron chi connectivity index (χ4n) is 3.28. The van der Waals surface area contributed by atoms with Crippen LogP contribution in [0.4, 0.5) is 20.3 Å². The molecule has 10 nitrogen and oxygen atoms in total. The summed E-state index contributed by atoms with van der Waals surface area (Å²) >= 11 is 0. The molecule has 3 N–H and O–H groups in total. The molecular formula is C23H22F2N4O6. The van der Waals surface area contributed by atoms with Gasteiger partial charge in [0.1, 0.15) is 23.0 Å². The Morgan fingerprint density at radius 1 is 1.06 bits per heavy atom. The predicted molar refractivity (Wildman–Crippen MR) is 122 cm³/mol. The van der Waals surface area contributed by atoms with Crippen molar-refractivity contribution < 1.29 is 27.8 Å². The van der Waals surface area contributed by atoms with Gasteiger partial charge in [0, 0.05) is 13.7 Å². The quantitative estimate of drug-likeness (QED) is 0.433. The highest BCUT2D eigenvalue weighted by Gasteiger charge is 2.26. The maximum atomic E-state index is 13.8. The number of aromatic nitrogens is 2.